The minimum atomic E-state index is -0.598. The van der Waals surface area contributed by atoms with Gasteiger partial charge in [-0.1, -0.05) is 132 Å². The Morgan fingerprint density at radius 1 is 0.607 bits per heavy atom. The Kier molecular flexibility index (Phi) is 7.10. The number of fused-ring (bicyclic) bond motifs is 1. The summed E-state index contributed by atoms with van der Waals surface area (Å²) in [6.45, 7) is 16.6. The number of hydrogen-bond donors (Lipinski definition) is 1. The number of aryl methyl sites for hydroxylation is 2. The lowest BCUT2D eigenvalue weighted by molar-refractivity contribution is 0.472. The molecule has 8 rings (SSSR count). The highest BCUT2D eigenvalue weighted by Gasteiger charge is 2.25. The van der Waals surface area contributed by atoms with Gasteiger partial charge in [0, 0.05) is 23.0 Å². The number of rotatable bonds is 6. The van der Waals surface area contributed by atoms with E-state index in [4.69, 9.17) is 14.6 Å². The monoisotopic (exact) mass is 739 g/mol. The largest absolute Gasteiger partial charge is 0.507 e. The van der Waals surface area contributed by atoms with Crippen molar-refractivity contribution in [2.45, 2.75) is 66.2 Å². The summed E-state index contributed by atoms with van der Waals surface area (Å²) in [6, 6.07) is 28.7. The highest BCUT2D eigenvalue weighted by Crippen LogP contribution is 2.42. The smallest absolute Gasteiger partial charge is 0.149 e. The highest BCUT2D eigenvalue weighted by atomic mass is 16.3. The van der Waals surface area contributed by atoms with E-state index in [1.807, 2.05) is 74.5 Å². The molecule has 0 spiro atoms. The second kappa shape index (κ2) is 14.1. The third kappa shape index (κ3) is 7.04. The summed E-state index contributed by atoms with van der Waals surface area (Å²) in [6.07, 6.45) is -0.498. The summed E-state index contributed by atoms with van der Waals surface area (Å²) in [7, 11) is 0. The van der Waals surface area contributed by atoms with E-state index in [2.05, 4.69) is 87.5 Å². The van der Waals surface area contributed by atoms with Gasteiger partial charge in [-0.2, -0.15) is 0 Å². The van der Waals surface area contributed by atoms with E-state index in [1.54, 1.807) is 0 Å². The molecule has 0 amide bonds. The first kappa shape index (κ1) is 28.2. The van der Waals surface area contributed by atoms with Crippen LogP contribution in [0.4, 0.5) is 0 Å². The molecule has 0 fully saturated rings. The molecule has 0 saturated carbocycles. The van der Waals surface area contributed by atoms with Crippen LogP contribution in [0.1, 0.15) is 74.8 Å². The minimum absolute atomic E-state index is 0.0288. The number of aromatic nitrogens is 3. The zero-order valence-electron chi connectivity index (χ0n) is 41.0. The van der Waals surface area contributed by atoms with Crippen molar-refractivity contribution >= 4 is 11.0 Å². The third-order valence-corrected chi connectivity index (χ3v) is 10.2. The Morgan fingerprint density at radius 3 is 2.04 bits per heavy atom. The van der Waals surface area contributed by atoms with Crippen LogP contribution in [0.3, 0.4) is 0 Å². The van der Waals surface area contributed by atoms with Crippen molar-refractivity contribution in [3.8, 4) is 67.5 Å². The molecule has 278 valence electrons. The molecule has 0 aliphatic carbocycles. The van der Waals surface area contributed by atoms with Crippen LogP contribution in [0.25, 0.3) is 72.7 Å². The Balaban J connectivity index is 1.44. The van der Waals surface area contributed by atoms with Gasteiger partial charge in [-0.05, 0) is 123 Å². The first-order valence-corrected chi connectivity index (χ1v) is 18.8. The predicted octanol–water partition coefficient (Wildman–Crippen LogP) is 13.7. The fourth-order valence-corrected chi connectivity index (χ4v) is 7.18. The molecule has 6 aromatic carbocycles. The molecule has 0 aliphatic heterocycles. The molecule has 0 atom stereocenters. The molecule has 4 nitrogen and oxygen atoms in total. The van der Waals surface area contributed by atoms with Gasteiger partial charge in [-0.3, -0.25) is 9.55 Å². The van der Waals surface area contributed by atoms with Gasteiger partial charge in [0.2, 0.25) is 0 Å². The average molecular weight is 740 g/mol. The number of para-hydroxylation sites is 1. The fourth-order valence-electron chi connectivity index (χ4n) is 7.18. The molecule has 1 N–H and O–H groups in total. The van der Waals surface area contributed by atoms with Crippen LogP contribution in [0.5, 0.6) is 5.75 Å². The van der Waals surface area contributed by atoms with Crippen LogP contribution < -0.4 is 0 Å². The van der Waals surface area contributed by atoms with E-state index in [9.17, 15) is 6.48 Å². The second-order valence-corrected chi connectivity index (χ2v) is 16.6. The van der Waals surface area contributed by atoms with Crippen LogP contribution in [-0.4, -0.2) is 19.6 Å². The van der Waals surface area contributed by atoms with Crippen LogP contribution >= 0.6 is 0 Å². The van der Waals surface area contributed by atoms with E-state index in [0.29, 0.717) is 22.5 Å². The normalized spacial score (nSPS) is 14.0. The lowest BCUT2D eigenvalue weighted by atomic mass is 9.83. The highest BCUT2D eigenvalue weighted by molar-refractivity contribution is 5.97. The maximum Gasteiger partial charge on any atom is 0.149 e. The van der Waals surface area contributed by atoms with Crippen molar-refractivity contribution in [3.63, 3.8) is 0 Å². The average Bonchev–Trinajstić information content (AvgIpc) is 3.65. The molecule has 0 unspecified atom stereocenters. The molecular formula is C52H49N3O. The summed E-state index contributed by atoms with van der Waals surface area (Å²) >= 11 is 0. The van der Waals surface area contributed by atoms with E-state index in [1.165, 1.54) is 0 Å². The molecule has 0 aliphatic rings. The summed E-state index contributed by atoms with van der Waals surface area (Å²) in [5, 5.41) is 11.8. The molecule has 56 heavy (non-hydrogen) atoms. The van der Waals surface area contributed by atoms with Gasteiger partial charge in [0.1, 0.15) is 11.6 Å². The van der Waals surface area contributed by atoms with Gasteiger partial charge in [-0.25, -0.2) is 4.98 Å². The maximum atomic E-state index is 11.8. The topological polar surface area (TPSA) is 50.9 Å². The van der Waals surface area contributed by atoms with Crippen molar-refractivity contribution in [1.82, 2.24) is 14.5 Å². The predicted molar refractivity (Wildman–Crippen MR) is 235 cm³/mol. The number of hydrogen-bond acceptors (Lipinski definition) is 3. The van der Waals surface area contributed by atoms with Crippen LogP contribution in [0.2, 0.25) is 0 Å². The minimum Gasteiger partial charge on any atom is -0.507 e. The molecule has 2 heterocycles. The Hall–Kier alpha value is -6.26. The van der Waals surface area contributed by atoms with Gasteiger partial charge in [0.05, 0.1) is 33.3 Å². The Labute approximate surface area is 342 Å². The number of pyridine rings is 1. The Morgan fingerprint density at radius 2 is 1.30 bits per heavy atom. The first-order valence-electron chi connectivity index (χ1n) is 22.8. The summed E-state index contributed by atoms with van der Waals surface area (Å²) < 4.78 is 71.3. The molecule has 0 saturated heterocycles. The molecule has 2 aromatic heterocycles. The van der Waals surface area contributed by atoms with Crippen molar-refractivity contribution < 1.29 is 16.1 Å². The number of phenols is 1. The van der Waals surface area contributed by atoms with E-state index >= 15 is 0 Å². The second-order valence-electron chi connectivity index (χ2n) is 16.6. The number of aromatic hydroxyl groups is 1. The number of benzene rings is 6. The molecule has 0 bridgehead atoms. The van der Waals surface area contributed by atoms with E-state index < -0.39 is 47.8 Å². The van der Waals surface area contributed by atoms with Gasteiger partial charge >= 0.3 is 0 Å². The van der Waals surface area contributed by atoms with Crippen LogP contribution in [-0.2, 0) is 10.8 Å². The maximum absolute atomic E-state index is 11.8. The number of nitrogens with zero attached hydrogens (tertiary/aromatic N) is 3. The third-order valence-electron chi connectivity index (χ3n) is 10.2. The quantitative estimate of drug-likeness (QED) is 0.185. The van der Waals surface area contributed by atoms with Gasteiger partial charge < -0.3 is 5.11 Å². The van der Waals surface area contributed by atoms with Gasteiger partial charge in [0.15, 0.2) is 0 Å². The SMILES string of the molecule is [2H]c1nc(-c2cc(-c3cccc4c3nc(-c3cc(C)cc(C)c3O)n4-c3cc(-c4ccccc4)cc(C(C)(C)C)c3)cc(C(C)(C)C)c2)c([2H])c(-c2c([2H])c([2H])c([2H])c([2H])c2[2H])c1[2H]. The van der Waals surface area contributed by atoms with Crippen molar-refractivity contribution in [3.05, 3.63) is 168 Å². The summed E-state index contributed by atoms with van der Waals surface area (Å²) in [5.74, 6) is 0.677. The standard InChI is InChI=1S/C52H49N3O/c1-33-24-34(2)49(56)45(25-33)50-54-48-44(20-15-21-47(48)55(50)43-30-38(36-18-13-10-14-19-36)27-42(32-43)52(6,7)8)39-26-40(29-41(28-39)51(3,4)5)46-31-37(22-23-53-46)35-16-11-9-12-17-35/h9-32,56H,1-8H3/i9D,11D,12D,16D,17D,22D,23D,31D. The molecular weight excluding hydrogens is 683 g/mol. The zero-order valence-corrected chi connectivity index (χ0v) is 33.0. The Bertz CT molecular complexity index is 3170. The van der Waals surface area contributed by atoms with Gasteiger partial charge in [-0.15, -0.1) is 0 Å². The summed E-state index contributed by atoms with van der Waals surface area (Å²) in [5.41, 5.74) is 9.40. The first-order chi connectivity index (χ1) is 30.1. The van der Waals surface area contributed by atoms with Crippen molar-refractivity contribution in [1.29, 1.82) is 0 Å². The molecule has 4 heteroatoms. The molecule has 8 aromatic rings. The van der Waals surface area contributed by atoms with E-state index in [-0.39, 0.29) is 34.0 Å². The van der Waals surface area contributed by atoms with Crippen LogP contribution in [0, 0.1) is 13.8 Å². The lowest BCUT2D eigenvalue weighted by Gasteiger charge is -2.23. The number of imidazole rings is 1. The van der Waals surface area contributed by atoms with Crippen LogP contribution in [0.15, 0.2) is 146 Å². The van der Waals surface area contributed by atoms with Crippen molar-refractivity contribution in [2.75, 3.05) is 0 Å². The lowest BCUT2D eigenvalue weighted by Crippen LogP contribution is -2.12. The van der Waals surface area contributed by atoms with E-state index in [0.717, 1.165) is 55.7 Å². The molecule has 0 radical (unpaired) electrons. The fraction of sp³-hybridized carbons (Fsp3) is 0.192. The zero-order chi connectivity index (χ0) is 46.3. The van der Waals surface area contributed by atoms with Crippen molar-refractivity contribution in [2.24, 2.45) is 0 Å². The summed E-state index contributed by atoms with van der Waals surface area (Å²) in [4.78, 5) is 9.86. The number of phenolic OH excluding ortho intramolecular Hbond substituents is 1. The van der Waals surface area contributed by atoms with Gasteiger partial charge in [0.25, 0.3) is 0 Å².